The average Bonchev–Trinajstić information content (AvgIpc) is 2.13. The molecule has 0 aliphatic carbocycles. The summed E-state index contributed by atoms with van der Waals surface area (Å²) in [4.78, 5) is 130. The van der Waals surface area contributed by atoms with Gasteiger partial charge < -0.3 is 86.1 Å². The van der Waals surface area contributed by atoms with Crippen molar-refractivity contribution in [3.8, 4) is 0 Å². The molecule has 0 aromatic rings. The summed E-state index contributed by atoms with van der Waals surface area (Å²) in [5.41, 5.74) is -14.8. The Morgan fingerprint density at radius 1 is 0.324 bits per heavy atom. The van der Waals surface area contributed by atoms with Gasteiger partial charge in [-0.1, -0.05) is 0 Å². The van der Waals surface area contributed by atoms with Crippen LogP contribution in [0.2, 0.25) is 0 Å². The molecule has 0 aromatic heterocycles. The average molecular weight is 767 g/mol. The Morgan fingerprint density at radius 2 is 0.412 bits per heavy atom. The molecule has 0 heterocycles. The molecule has 0 radical (unpaired) electrons. The van der Waals surface area contributed by atoms with Gasteiger partial charge in [0.25, 0.3) is 0 Å². The number of rotatable bonds is 9. The van der Waals surface area contributed by atoms with Crippen molar-refractivity contribution in [2.24, 2.45) is 0 Å². The van der Waals surface area contributed by atoms with Gasteiger partial charge in [-0.25, -0.2) is 0 Å². The van der Waals surface area contributed by atoms with E-state index in [-0.39, 0.29) is 226 Å². The molecule has 0 fully saturated rings. The van der Waals surface area contributed by atoms with Crippen LogP contribution in [0.4, 0.5) is 0 Å². The Bertz CT molecular complexity index is 698. The molecular weight excluding hydrogens is 764 g/mol. The smallest absolute Gasteiger partial charge is 0.809 e. The maximum absolute atomic E-state index is 11.0. The third kappa shape index (κ3) is 19.7. The zero-order valence-electron chi connectivity index (χ0n) is 16.5. The molecule has 0 amide bonds. The zero-order valence-corrected chi connectivity index (χ0v) is 35.1. The molecule has 170 valence electrons. The third-order valence-electron chi connectivity index (χ3n) is 2.50. The molecule has 0 bridgehead atoms. The second-order valence-corrected chi connectivity index (χ2v) is 15.4. The van der Waals surface area contributed by atoms with Gasteiger partial charge in [0.1, 0.15) is 0 Å². The Hall–Kier alpha value is 8.42. The van der Waals surface area contributed by atoms with Crippen LogP contribution in [0, 0.1) is 0 Å². The molecule has 19 nitrogen and oxygen atoms in total. The molecule has 0 saturated carbocycles. The quantitative estimate of drug-likeness (QED) is 0.155. The van der Waals surface area contributed by atoms with E-state index >= 15 is 0 Å². The molecule has 0 aliphatic rings. The second-order valence-electron chi connectivity index (χ2n) is 4.73. The van der Waals surface area contributed by atoms with Crippen molar-refractivity contribution in [1.82, 2.24) is 4.90 Å². The SMILES string of the molecule is O=P([O-])([O-])C(N(C(P(=O)([O-])[O-])P(=O)([O-])[O-])C(P(=O)([O-])[O-])P(=O)([O-])[O-])P(=O)([O-])[O-].[Ca+2].[Ca+2].[Ca+2].[Ca+2].[Ca+2].[Ca+2]. The summed E-state index contributed by atoms with van der Waals surface area (Å²) in [5, 5.41) is 0. The van der Waals surface area contributed by atoms with Crippen LogP contribution in [0.3, 0.4) is 0 Å². The monoisotopic (exact) mass is 767 g/mol. The number of hydrogen-bond acceptors (Lipinski definition) is 19. The maximum atomic E-state index is 11.0. The van der Waals surface area contributed by atoms with Crippen molar-refractivity contribution in [3.63, 3.8) is 0 Å². The fourth-order valence-corrected chi connectivity index (χ4v) is 10.8. The second kappa shape index (κ2) is 21.3. The van der Waals surface area contributed by atoms with Crippen LogP contribution < -0.4 is 58.7 Å². The Labute approximate surface area is 370 Å². The predicted molar refractivity (Wildman–Crippen MR) is 93.4 cm³/mol. The van der Waals surface area contributed by atoms with Crippen molar-refractivity contribution in [2.75, 3.05) is 0 Å². The third-order valence-corrected chi connectivity index (χ3v) is 12.6. The Morgan fingerprint density at radius 3 is 0.471 bits per heavy atom. The summed E-state index contributed by atoms with van der Waals surface area (Å²) in [6, 6.07) is 0. The predicted octanol–water partition coefficient (Wildman–Crippen LogP) is -12.7. The molecule has 0 rings (SSSR count). The van der Waals surface area contributed by atoms with Gasteiger partial charge in [-0.05, 0) is 45.6 Å². The van der Waals surface area contributed by atoms with Gasteiger partial charge in [0.05, 0.1) is 16.6 Å². The minimum absolute atomic E-state index is 0. The van der Waals surface area contributed by atoms with Crippen LogP contribution >= 0.6 is 45.6 Å². The summed E-state index contributed by atoms with van der Waals surface area (Å²) in [6.07, 6.45) is 0. The minimum Gasteiger partial charge on any atom is -0.809 e. The van der Waals surface area contributed by atoms with Crippen LogP contribution in [0.5, 0.6) is 0 Å². The summed E-state index contributed by atoms with van der Waals surface area (Å²) in [5.74, 6) is 0. The zero-order chi connectivity index (χ0) is 23.3. The van der Waals surface area contributed by atoms with Crippen molar-refractivity contribution in [1.29, 1.82) is 0 Å². The molecule has 0 atom stereocenters. The van der Waals surface area contributed by atoms with Crippen LogP contribution in [0.25, 0.3) is 0 Å². The van der Waals surface area contributed by atoms with E-state index in [0.717, 1.165) is 0 Å². The molecule has 0 aromatic carbocycles. The molecule has 0 saturated heterocycles. The van der Waals surface area contributed by atoms with Crippen molar-refractivity contribution in [3.05, 3.63) is 0 Å². The summed E-state index contributed by atoms with van der Waals surface area (Å²) in [6.45, 7) is 0. The fourth-order valence-electron chi connectivity index (χ4n) is 1.86. The molecule has 0 spiro atoms. The van der Waals surface area contributed by atoms with Gasteiger partial charge in [0, 0.05) is 0 Å². The van der Waals surface area contributed by atoms with Gasteiger partial charge in [-0.15, -0.1) is 0 Å². The first-order valence-electron chi connectivity index (χ1n) is 5.61. The van der Waals surface area contributed by atoms with Crippen LogP contribution in [-0.4, -0.2) is 248 Å². The topological polar surface area (TPSA) is 382 Å². The summed E-state index contributed by atoms with van der Waals surface area (Å²) >= 11 is 0. The Kier molecular flexibility index (Phi) is 36.3. The first-order valence-corrected chi connectivity index (χ1v) is 15.3. The molecule has 31 heteroatoms. The van der Waals surface area contributed by atoms with E-state index in [0.29, 0.717) is 0 Å². The van der Waals surface area contributed by atoms with Gasteiger partial charge in [0.15, 0.2) is 0 Å². The normalized spacial score (nSPS) is 13.1. The van der Waals surface area contributed by atoms with Crippen molar-refractivity contribution in [2.45, 2.75) is 16.6 Å². The van der Waals surface area contributed by atoms with E-state index in [9.17, 15) is 86.1 Å². The number of nitrogens with zero attached hydrogens (tertiary/aromatic N) is 1. The summed E-state index contributed by atoms with van der Waals surface area (Å²) < 4.78 is 66.1. The van der Waals surface area contributed by atoms with Crippen LogP contribution in [-0.2, 0) is 27.4 Å². The number of hydrogen-bond donors (Lipinski definition) is 0. The molecule has 0 N–H and O–H groups in total. The molecule has 0 aliphatic heterocycles. The first-order chi connectivity index (χ1) is 11.7. The van der Waals surface area contributed by atoms with E-state index < -0.39 is 67.0 Å². The molecule has 0 unspecified atom stereocenters. The van der Waals surface area contributed by atoms with Crippen molar-refractivity contribution < 1.29 is 86.1 Å². The van der Waals surface area contributed by atoms with Crippen LogP contribution in [0.15, 0.2) is 0 Å². The standard InChI is InChI=1S/C3H15NO18P6.6Ca/c5-23(6,7)1(24(8,9)10)4(2(25(11,12)13)26(14,15)16)3(27(17,18)19)28(20,21)22;;;;;;/h1-3H,(H2,5,6,7)(H2,8,9,10)(H2,11,12,13)(H2,14,15,16)(H2,17,18,19)(H2,20,21,22);;;;;;/q;6*+2/p-12. The van der Waals surface area contributed by atoms with E-state index in [4.69, 9.17) is 0 Å². The van der Waals surface area contributed by atoms with E-state index in [1.807, 2.05) is 0 Å². The first kappa shape index (κ1) is 58.0. The van der Waals surface area contributed by atoms with Gasteiger partial charge >= 0.3 is 226 Å². The van der Waals surface area contributed by atoms with E-state index in [1.54, 1.807) is 0 Å². The maximum Gasteiger partial charge on any atom is 2.00 e. The van der Waals surface area contributed by atoms with E-state index in [2.05, 4.69) is 0 Å². The minimum atomic E-state index is -7.40. The van der Waals surface area contributed by atoms with Crippen LogP contribution in [0.1, 0.15) is 0 Å². The molecule has 34 heavy (non-hydrogen) atoms. The molecular formula is C3H3Ca6NO18P6. The summed E-state index contributed by atoms with van der Waals surface area (Å²) in [7, 11) is -44.4. The van der Waals surface area contributed by atoms with Crippen molar-refractivity contribution >= 4 is 272 Å². The fraction of sp³-hybridized carbons (Fsp3) is 1.00. The van der Waals surface area contributed by atoms with Gasteiger partial charge in [-0.3, -0.25) is 4.90 Å². The van der Waals surface area contributed by atoms with Gasteiger partial charge in [0.2, 0.25) is 0 Å². The Balaban J connectivity index is -0.000000243. The largest absolute Gasteiger partial charge is 2.00 e. The van der Waals surface area contributed by atoms with Gasteiger partial charge in [-0.2, -0.15) is 0 Å². The van der Waals surface area contributed by atoms with E-state index in [1.165, 1.54) is 0 Å².